The molecule has 1 atom stereocenters. The smallest absolute Gasteiger partial charge is 0.372 e. The van der Waals surface area contributed by atoms with E-state index in [1.54, 1.807) is 0 Å². The summed E-state index contributed by atoms with van der Waals surface area (Å²) in [7, 11) is 0. The zero-order valence-corrected chi connectivity index (χ0v) is 10.8. The molecule has 1 N–H and O–H groups in total. The van der Waals surface area contributed by atoms with E-state index in [-0.39, 0.29) is 6.61 Å². The first-order valence-electron chi connectivity index (χ1n) is 6.34. The van der Waals surface area contributed by atoms with Gasteiger partial charge in [-0.25, -0.2) is 0 Å². The summed E-state index contributed by atoms with van der Waals surface area (Å²) in [5.41, 5.74) is 0. The van der Waals surface area contributed by atoms with Crippen molar-refractivity contribution in [2.24, 2.45) is 5.92 Å². The molecule has 0 aromatic carbocycles. The topological polar surface area (TPSA) is 21.3 Å². The van der Waals surface area contributed by atoms with E-state index < -0.39 is 12.8 Å². The summed E-state index contributed by atoms with van der Waals surface area (Å²) >= 11 is 0. The lowest BCUT2D eigenvalue weighted by molar-refractivity contribution is -0.174. The van der Waals surface area contributed by atoms with Crippen molar-refractivity contribution in [3.8, 4) is 0 Å². The molecule has 0 saturated heterocycles. The fraction of sp³-hybridized carbons (Fsp3) is 1.00. The standard InChI is InChI=1S/C12H24F3NO/c1-3-5-11(9-16-7-4-2)6-8-17-10-12(13,14)15/h11,16H,3-10H2,1-2H3. The lowest BCUT2D eigenvalue weighted by Crippen LogP contribution is -2.25. The third-order valence-electron chi connectivity index (χ3n) is 2.49. The molecule has 17 heavy (non-hydrogen) atoms. The summed E-state index contributed by atoms with van der Waals surface area (Å²) in [6.45, 7) is 5.07. The minimum Gasteiger partial charge on any atom is -0.372 e. The van der Waals surface area contributed by atoms with Crippen LogP contribution < -0.4 is 5.32 Å². The van der Waals surface area contributed by atoms with E-state index in [2.05, 4.69) is 23.9 Å². The van der Waals surface area contributed by atoms with Gasteiger partial charge >= 0.3 is 6.18 Å². The lowest BCUT2D eigenvalue weighted by Gasteiger charge is -2.17. The Hall–Kier alpha value is -0.290. The molecule has 0 aromatic heterocycles. The second-order valence-corrected chi connectivity index (χ2v) is 4.32. The summed E-state index contributed by atoms with van der Waals surface area (Å²) in [6, 6.07) is 0. The third-order valence-corrected chi connectivity index (χ3v) is 2.49. The minimum absolute atomic E-state index is 0.192. The van der Waals surface area contributed by atoms with Crippen molar-refractivity contribution < 1.29 is 17.9 Å². The average Bonchev–Trinajstić information content (AvgIpc) is 2.23. The van der Waals surface area contributed by atoms with E-state index in [1.807, 2.05) is 0 Å². The molecule has 2 nitrogen and oxygen atoms in total. The van der Waals surface area contributed by atoms with Gasteiger partial charge in [-0.3, -0.25) is 0 Å². The monoisotopic (exact) mass is 255 g/mol. The predicted octanol–water partition coefficient (Wildman–Crippen LogP) is 3.37. The molecule has 0 aliphatic carbocycles. The highest BCUT2D eigenvalue weighted by Gasteiger charge is 2.27. The zero-order valence-electron chi connectivity index (χ0n) is 10.8. The number of hydrogen-bond donors (Lipinski definition) is 1. The largest absolute Gasteiger partial charge is 0.411 e. The molecule has 0 fully saturated rings. The van der Waals surface area contributed by atoms with Gasteiger partial charge in [0.05, 0.1) is 0 Å². The van der Waals surface area contributed by atoms with Gasteiger partial charge in [0, 0.05) is 6.61 Å². The Bertz CT molecular complexity index is 174. The van der Waals surface area contributed by atoms with Crippen LogP contribution in [0.1, 0.15) is 39.5 Å². The van der Waals surface area contributed by atoms with Crippen LogP contribution in [0.15, 0.2) is 0 Å². The first-order valence-corrected chi connectivity index (χ1v) is 6.34. The van der Waals surface area contributed by atoms with Gasteiger partial charge in [-0.15, -0.1) is 0 Å². The fourth-order valence-electron chi connectivity index (χ4n) is 1.68. The van der Waals surface area contributed by atoms with Gasteiger partial charge in [-0.05, 0) is 38.3 Å². The lowest BCUT2D eigenvalue weighted by atomic mass is 10.0. The molecule has 0 heterocycles. The summed E-state index contributed by atoms with van der Waals surface area (Å²) in [6.07, 6.45) is -0.353. The van der Waals surface area contributed by atoms with Crippen LogP contribution in [0.2, 0.25) is 0 Å². The van der Waals surface area contributed by atoms with E-state index in [4.69, 9.17) is 0 Å². The Morgan fingerprint density at radius 2 is 1.82 bits per heavy atom. The number of rotatable bonds is 10. The van der Waals surface area contributed by atoms with E-state index >= 15 is 0 Å². The Kier molecular flexibility index (Phi) is 9.55. The molecular formula is C12H24F3NO. The van der Waals surface area contributed by atoms with Crippen molar-refractivity contribution in [1.82, 2.24) is 5.32 Å². The van der Waals surface area contributed by atoms with Crippen molar-refractivity contribution >= 4 is 0 Å². The van der Waals surface area contributed by atoms with Crippen LogP contribution in [0.4, 0.5) is 13.2 Å². The molecule has 5 heteroatoms. The van der Waals surface area contributed by atoms with Gasteiger partial charge in [0.25, 0.3) is 0 Å². The number of alkyl halides is 3. The quantitative estimate of drug-likeness (QED) is 0.604. The van der Waals surface area contributed by atoms with Gasteiger partial charge in [0.15, 0.2) is 0 Å². The first kappa shape index (κ1) is 16.7. The molecule has 0 aliphatic rings. The maximum atomic E-state index is 11.8. The second kappa shape index (κ2) is 9.71. The highest BCUT2D eigenvalue weighted by Crippen LogP contribution is 2.16. The van der Waals surface area contributed by atoms with Crippen LogP contribution in [-0.4, -0.2) is 32.5 Å². The van der Waals surface area contributed by atoms with Gasteiger partial charge < -0.3 is 10.1 Å². The molecule has 0 rings (SSSR count). The third kappa shape index (κ3) is 12.0. The Morgan fingerprint density at radius 1 is 1.12 bits per heavy atom. The van der Waals surface area contributed by atoms with Crippen molar-refractivity contribution in [3.63, 3.8) is 0 Å². The van der Waals surface area contributed by atoms with Crippen molar-refractivity contribution in [1.29, 1.82) is 0 Å². The second-order valence-electron chi connectivity index (χ2n) is 4.32. The molecule has 0 aromatic rings. The molecular weight excluding hydrogens is 231 g/mol. The fourth-order valence-corrected chi connectivity index (χ4v) is 1.68. The van der Waals surface area contributed by atoms with Crippen molar-refractivity contribution in [2.75, 3.05) is 26.3 Å². The van der Waals surface area contributed by atoms with Crippen LogP contribution >= 0.6 is 0 Å². The normalized spacial score (nSPS) is 13.9. The molecule has 0 spiro atoms. The molecule has 0 saturated carbocycles. The Labute approximate surface area is 102 Å². The summed E-state index contributed by atoms with van der Waals surface area (Å²) in [4.78, 5) is 0. The van der Waals surface area contributed by atoms with Gasteiger partial charge in [0.2, 0.25) is 0 Å². The first-order chi connectivity index (χ1) is 7.99. The highest BCUT2D eigenvalue weighted by atomic mass is 19.4. The maximum Gasteiger partial charge on any atom is 0.411 e. The van der Waals surface area contributed by atoms with Gasteiger partial charge in [0.1, 0.15) is 6.61 Å². The van der Waals surface area contributed by atoms with E-state index in [9.17, 15) is 13.2 Å². The molecule has 104 valence electrons. The molecule has 0 aliphatic heterocycles. The molecule has 0 bridgehead atoms. The highest BCUT2D eigenvalue weighted by molar-refractivity contribution is 4.62. The summed E-state index contributed by atoms with van der Waals surface area (Å²) in [5, 5.41) is 3.30. The van der Waals surface area contributed by atoms with Crippen LogP contribution in [0.3, 0.4) is 0 Å². The Morgan fingerprint density at radius 3 is 2.35 bits per heavy atom. The van der Waals surface area contributed by atoms with E-state index in [0.717, 1.165) is 32.4 Å². The zero-order chi connectivity index (χ0) is 13.1. The minimum atomic E-state index is -4.21. The predicted molar refractivity (Wildman–Crippen MR) is 63.0 cm³/mol. The van der Waals surface area contributed by atoms with Crippen LogP contribution in [-0.2, 0) is 4.74 Å². The number of nitrogens with one attached hydrogen (secondary N) is 1. The van der Waals surface area contributed by atoms with E-state index in [1.165, 1.54) is 0 Å². The molecule has 0 radical (unpaired) electrons. The summed E-state index contributed by atoms with van der Waals surface area (Å²) < 4.78 is 40.1. The molecule has 0 amide bonds. The van der Waals surface area contributed by atoms with Gasteiger partial charge in [-0.1, -0.05) is 20.3 Å². The van der Waals surface area contributed by atoms with Crippen LogP contribution in [0.25, 0.3) is 0 Å². The van der Waals surface area contributed by atoms with Crippen LogP contribution in [0, 0.1) is 5.92 Å². The number of halogens is 3. The maximum absolute atomic E-state index is 11.8. The Balaban J connectivity index is 3.61. The van der Waals surface area contributed by atoms with Gasteiger partial charge in [-0.2, -0.15) is 13.2 Å². The SMILES string of the molecule is CCCNCC(CCC)CCOCC(F)(F)F. The summed E-state index contributed by atoms with van der Waals surface area (Å²) in [5.74, 6) is 0.416. The van der Waals surface area contributed by atoms with Crippen molar-refractivity contribution in [2.45, 2.75) is 45.7 Å². The van der Waals surface area contributed by atoms with Crippen LogP contribution in [0.5, 0.6) is 0 Å². The van der Waals surface area contributed by atoms with Crippen molar-refractivity contribution in [3.05, 3.63) is 0 Å². The number of ether oxygens (including phenoxy) is 1. The average molecular weight is 255 g/mol. The molecule has 1 unspecified atom stereocenters. The number of hydrogen-bond acceptors (Lipinski definition) is 2. The van der Waals surface area contributed by atoms with E-state index in [0.29, 0.717) is 12.3 Å².